The van der Waals surface area contributed by atoms with Crippen molar-refractivity contribution in [2.24, 2.45) is 0 Å². The van der Waals surface area contributed by atoms with Gasteiger partial charge < -0.3 is 10.1 Å². The van der Waals surface area contributed by atoms with E-state index in [1.165, 1.54) is 0 Å². The van der Waals surface area contributed by atoms with Gasteiger partial charge in [-0.3, -0.25) is 9.48 Å². The van der Waals surface area contributed by atoms with Crippen LogP contribution in [0.15, 0.2) is 30.3 Å². The van der Waals surface area contributed by atoms with E-state index in [-0.39, 0.29) is 35.1 Å². The SMILES string of the molecule is CCOc1ccc(NC(=O)c2cc(C(C)C)n([C@@H]3CCS(=O)(=O)C3)n2)cc1. The van der Waals surface area contributed by atoms with E-state index in [9.17, 15) is 13.2 Å². The third-order valence-corrected chi connectivity index (χ3v) is 6.32. The second-order valence-electron chi connectivity index (χ2n) is 7.02. The molecule has 0 spiro atoms. The maximum Gasteiger partial charge on any atom is 0.276 e. The van der Waals surface area contributed by atoms with Gasteiger partial charge in [-0.25, -0.2) is 8.42 Å². The normalized spacial score (nSPS) is 18.6. The minimum atomic E-state index is -3.03. The monoisotopic (exact) mass is 391 g/mol. The molecule has 0 unspecified atom stereocenters. The number of aromatic nitrogens is 2. The molecule has 7 nitrogen and oxygen atoms in total. The molecule has 3 rings (SSSR count). The van der Waals surface area contributed by atoms with Crippen LogP contribution in [-0.2, 0) is 9.84 Å². The first-order chi connectivity index (χ1) is 12.8. The Morgan fingerprint density at radius 2 is 2.04 bits per heavy atom. The van der Waals surface area contributed by atoms with Gasteiger partial charge in [0.05, 0.1) is 24.2 Å². The van der Waals surface area contributed by atoms with E-state index in [4.69, 9.17) is 4.74 Å². The third-order valence-electron chi connectivity index (χ3n) is 4.57. The summed E-state index contributed by atoms with van der Waals surface area (Å²) in [4.78, 5) is 12.6. The van der Waals surface area contributed by atoms with E-state index in [1.807, 2.05) is 20.8 Å². The summed E-state index contributed by atoms with van der Waals surface area (Å²) < 4.78 is 30.8. The van der Waals surface area contributed by atoms with Crippen LogP contribution in [0.3, 0.4) is 0 Å². The molecule has 1 fully saturated rings. The zero-order chi connectivity index (χ0) is 19.6. The topological polar surface area (TPSA) is 90.3 Å². The van der Waals surface area contributed by atoms with Crippen LogP contribution >= 0.6 is 0 Å². The lowest BCUT2D eigenvalue weighted by molar-refractivity contribution is 0.102. The summed E-state index contributed by atoms with van der Waals surface area (Å²) in [5.41, 5.74) is 1.80. The summed E-state index contributed by atoms with van der Waals surface area (Å²) in [5.74, 6) is 0.801. The van der Waals surface area contributed by atoms with Gasteiger partial charge in [0.1, 0.15) is 5.75 Å². The Balaban J connectivity index is 1.79. The number of carbonyl (C=O) groups is 1. The fraction of sp³-hybridized carbons (Fsp3) is 0.474. The molecule has 1 aliphatic heterocycles. The molecule has 1 aliphatic rings. The van der Waals surface area contributed by atoms with Crippen LogP contribution in [0.5, 0.6) is 5.75 Å². The first-order valence-corrected chi connectivity index (χ1v) is 11.0. The van der Waals surface area contributed by atoms with E-state index in [1.54, 1.807) is 35.0 Å². The Morgan fingerprint density at radius 3 is 2.59 bits per heavy atom. The minimum absolute atomic E-state index is 0.0777. The number of hydrogen-bond donors (Lipinski definition) is 1. The molecule has 0 radical (unpaired) electrons. The molecule has 1 N–H and O–H groups in total. The molecule has 0 saturated carbocycles. The van der Waals surface area contributed by atoms with Crippen molar-refractivity contribution in [2.75, 3.05) is 23.4 Å². The number of benzene rings is 1. The van der Waals surface area contributed by atoms with Gasteiger partial charge in [0, 0.05) is 11.4 Å². The zero-order valence-corrected chi connectivity index (χ0v) is 16.6. The number of anilines is 1. The van der Waals surface area contributed by atoms with E-state index in [0.717, 1.165) is 11.4 Å². The first kappa shape index (κ1) is 19.4. The van der Waals surface area contributed by atoms with E-state index in [2.05, 4.69) is 10.4 Å². The maximum atomic E-state index is 12.6. The fourth-order valence-electron chi connectivity index (χ4n) is 3.21. The minimum Gasteiger partial charge on any atom is -0.494 e. The smallest absolute Gasteiger partial charge is 0.276 e. The van der Waals surface area contributed by atoms with Crippen LogP contribution in [0.4, 0.5) is 5.69 Å². The molecule has 1 aromatic carbocycles. The lowest BCUT2D eigenvalue weighted by Gasteiger charge is -2.15. The lowest BCUT2D eigenvalue weighted by atomic mass is 10.1. The molecule has 1 atom stereocenters. The molecule has 0 aliphatic carbocycles. The summed E-state index contributed by atoms with van der Waals surface area (Å²) in [6.45, 7) is 6.50. The largest absolute Gasteiger partial charge is 0.494 e. The second-order valence-corrected chi connectivity index (χ2v) is 9.25. The highest BCUT2D eigenvalue weighted by atomic mass is 32.2. The highest BCUT2D eigenvalue weighted by molar-refractivity contribution is 7.91. The van der Waals surface area contributed by atoms with Crippen LogP contribution in [0.25, 0.3) is 0 Å². The Labute approximate surface area is 159 Å². The zero-order valence-electron chi connectivity index (χ0n) is 15.8. The van der Waals surface area contributed by atoms with Crippen LogP contribution in [0.2, 0.25) is 0 Å². The summed E-state index contributed by atoms with van der Waals surface area (Å²) in [7, 11) is -3.03. The van der Waals surface area contributed by atoms with Gasteiger partial charge in [-0.1, -0.05) is 13.8 Å². The number of carbonyl (C=O) groups excluding carboxylic acids is 1. The molecule has 0 bridgehead atoms. The number of amides is 1. The number of nitrogens with zero attached hydrogens (tertiary/aromatic N) is 2. The molecule has 2 heterocycles. The standard InChI is InChI=1S/C19H25N3O4S/c1-4-26-16-7-5-14(6-8-16)20-19(23)17-11-18(13(2)3)22(21-17)15-9-10-27(24,25)12-15/h5-8,11,13,15H,4,9-10,12H2,1-3H3,(H,20,23)/t15-/m1/s1. The van der Waals surface area contributed by atoms with Crippen molar-refractivity contribution >= 4 is 21.4 Å². The number of nitrogens with one attached hydrogen (secondary N) is 1. The molecule has 8 heteroatoms. The van der Waals surface area contributed by atoms with Crippen molar-refractivity contribution in [3.63, 3.8) is 0 Å². The molecular weight excluding hydrogens is 366 g/mol. The lowest BCUT2D eigenvalue weighted by Crippen LogP contribution is -2.17. The van der Waals surface area contributed by atoms with Gasteiger partial charge in [0.15, 0.2) is 15.5 Å². The Kier molecular flexibility index (Phi) is 5.55. The van der Waals surface area contributed by atoms with Crippen LogP contribution in [0, 0.1) is 0 Å². The molecule has 1 saturated heterocycles. The highest BCUT2D eigenvalue weighted by Gasteiger charge is 2.32. The van der Waals surface area contributed by atoms with Crippen LogP contribution in [-0.4, -0.2) is 42.2 Å². The highest BCUT2D eigenvalue weighted by Crippen LogP contribution is 2.28. The van der Waals surface area contributed by atoms with Gasteiger partial charge in [-0.2, -0.15) is 5.10 Å². The molecule has 1 amide bonds. The molecule has 27 heavy (non-hydrogen) atoms. The van der Waals surface area contributed by atoms with Crippen molar-refractivity contribution < 1.29 is 17.9 Å². The predicted octanol–water partition coefficient (Wildman–Crippen LogP) is 3.02. The number of hydrogen-bond acceptors (Lipinski definition) is 5. The average molecular weight is 391 g/mol. The van der Waals surface area contributed by atoms with Crippen LogP contribution in [0.1, 0.15) is 55.3 Å². The molecule has 1 aromatic heterocycles. The van der Waals surface area contributed by atoms with Crippen LogP contribution < -0.4 is 10.1 Å². The second kappa shape index (κ2) is 7.72. The fourth-order valence-corrected chi connectivity index (χ4v) is 4.90. The Hall–Kier alpha value is -2.35. The number of rotatable bonds is 6. The van der Waals surface area contributed by atoms with Crippen molar-refractivity contribution in [3.05, 3.63) is 41.7 Å². The van der Waals surface area contributed by atoms with Gasteiger partial charge in [-0.15, -0.1) is 0 Å². The van der Waals surface area contributed by atoms with Crippen molar-refractivity contribution in [3.8, 4) is 5.75 Å². The number of sulfone groups is 1. The molecule has 2 aromatic rings. The molecular formula is C19H25N3O4S. The van der Waals surface area contributed by atoms with Crippen molar-refractivity contribution in [1.29, 1.82) is 0 Å². The van der Waals surface area contributed by atoms with Gasteiger partial charge >= 0.3 is 0 Å². The van der Waals surface area contributed by atoms with Gasteiger partial charge in [0.25, 0.3) is 5.91 Å². The summed E-state index contributed by atoms with van der Waals surface area (Å²) >= 11 is 0. The Morgan fingerprint density at radius 1 is 1.33 bits per heavy atom. The van der Waals surface area contributed by atoms with Crippen molar-refractivity contribution in [2.45, 2.75) is 39.2 Å². The molecule has 146 valence electrons. The van der Waals surface area contributed by atoms with E-state index in [0.29, 0.717) is 18.7 Å². The van der Waals surface area contributed by atoms with Crippen molar-refractivity contribution in [1.82, 2.24) is 9.78 Å². The first-order valence-electron chi connectivity index (χ1n) is 9.13. The number of ether oxygens (including phenoxy) is 1. The quantitative estimate of drug-likeness (QED) is 0.817. The predicted molar refractivity (Wildman–Crippen MR) is 104 cm³/mol. The van der Waals surface area contributed by atoms with Gasteiger partial charge in [0.2, 0.25) is 0 Å². The Bertz CT molecular complexity index is 917. The average Bonchev–Trinajstić information content (AvgIpc) is 3.20. The summed E-state index contributed by atoms with van der Waals surface area (Å²) in [6.07, 6.45) is 0.531. The summed E-state index contributed by atoms with van der Waals surface area (Å²) in [5, 5.41) is 7.26. The van der Waals surface area contributed by atoms with E-state index >= 15 is 0 Å². The van der Waals surface area contributed by atoms with Gasteiger partial charge in [-0.05, 0) is 49.6 Å². The summed E-state index contributed by atoms with van der Waals surface area (Å²) in [6, 6.07) is 8.67. The third kappa shape index (κ3) is 4.50. The van der Waals surface area contributed by atoms with E-state index < -0.39 is 9.84 Å². The maximum absolute atomic E-state index is 12.6.